The number of nitrogens with zero attached hydrogens (tertiary/aromatic N) is 2. The smallest absolute Gasteiger partial charge is 0.246 e. The molecule has 414 valence electrons. The molecule has 5 fully saturated rings. The summed E-state index contributed by atoms with van der Waals surface area (Å²) in [5.41, 5.74) is 9.99. The molecular formula is C58H96N4O11. The van der Waals surface area contributed by atoms with Gasteiger partial charge in [-0.3, -0.25) is 33.6 Å². The van der Waals surface area contributed by atoms with Crippen molar-refractivity contribution in [2.24, 2.45) is 52.4 Å². The summed E-state index contributed by atoms with van der Waals surface area (Å²) in [6.45, 7) is 16.9. The van der Waals surface area contributed by atoms with Gasteiger partial charge in [0.25, 0.3) is 0 Å². The lowest BCUT2D eigenvalue weighted by Crippen LogP contribution is -2.48. The van der Waals surface area contributed by atoms with Crippen molar-refractivity contribution in [2.75, 3.05) is 13.1 Å². The van der Waals surface area contributed by atoms with Gasteiger partial charge in [0.05, 0.1) is 35.5 Å². The fourth-order valence-electron chi connectivity index (χ4n) is 13.2. The van der Waals surface area contributed by atoms with Crippen LogP contribution < -0.4 is 11.5 Å². The molecule has 0 bridgehead atoms. The largest absolute Gasteiger partial charge is 0.383 e. The molecule has 0 aromatic heterocycles. The average molecular weight is 1030 g/mol. The number of primary amides is 2. The topological polar surface area (TPSA) is 237 Å². The van der Waals surface area contributed by atoms with Gasteiger partial charge in [0, 0.05) is 74.3 Å². The van der Waals surface area contributed by atoms with Gasteiger partial charge in [-0.1, -0.05) is 104 Å². The van der Waals surface area contributed by atoms with E-state index in [0.29, 0.717) is 51.6 Å². The number of rotatable bonds is 7. The standard InChI is InChI=1S/C32H54N2O6.C26H42N2O5/c1-31(2,3)18-23(35)16-22-15-13-11-9-7-6-8-10-12-14-21(28(37)29(33)38)17-25(36)27-24-19-32(4,5)40-26(24)20-34(27)30(22)39;1-17-12-10-8-6-4-5-7-9-11-13-18(23(30)24(27)31)14-20(29)22-19-15-26(2,3)33-21(19)16-28(22)25(17)32/h21-22,24,26-28,37H,6-20H2,1-5H3,(H2,33,38);4-5,17-19,21-23,30H,6-16H2,1-3H3,(H2,27,31)/t21-,22-,24+,26?,27+,28?;17-,18+,19-,21?,22-,23?/m10/s1. The Bertz CT molecular complexity index is 1930. The molecule has 5 saturated heterocycles. The van der Waals surface area contributed by atoms with E-state index in [1.807, 2.05) is 55.4 Å². The molecule has 15 heteroatoms. The number of hydrogen-bond acceptors (Lipinski definition) is 11. The Morgan fingerprint density at radius 2 is 1.03 bits per heavy atom. The number of aliphatic hydroxyl groups is 2. The summed E-state index contributed by atoms with van der Waals surface area (Å²) in [7, 11) is 0. The van der Waals surface area contributed by atoms with E-state index in [-0.39, 0.29) is 89.4 Å². The maximum Gasteiger partial charge on any atom is 0.246 e. The summed E-state index contributed by atoms with van der Waals surface area (Å²) in [5.74, 6) is -3.79. The monoisotopic (exact) mass is 1020 g/mol. The van der Waals surface area contributed by atoms with E-state index in [1.165, 1.54) is 0 Å². The molecule has 0 saturated carbocycles. The number of aliphatic hydroxyl groups excluding tert-OH is 2. The average Bonchev–Trinajstić information content (AvgIpc) is 4.00. The summed E-state index contributed by atoms with van der Waals surface area (Å²) in [6, 6.07) is -1.25. The van der Waals surface area contributed by atoms with Gasteiger partial charge < -0.3 is 41.0 Å². The summed E-state index contributed by atoms with van der Waals surface area (Å²) in [5, 5.41) is 21.1. The van der Waals surface area contributed by atoms with Crippen LogP contribution in [0.15, 0.2) is 12.2 Å². The summed E-state index contributed by atoms with van der Waals surface area (Å²) in [6.07, 6.45) is 19.6. The molecule has 12 atom stereocenters. The molecule has 6 N–H and O–H groups in total. The van der Waals surface area contributed by atoms with Crippen molar-refractivity contribution in [2.45, 2.75) is 257 Å². The second-order valence-corrected chi connectivity index (χ2v) is 25.5. The number of carbonyl (C=O) groups is 7. The van der Waals surface area contributed by atoms with Crippen molar-refractivity contribution in [1.82, 2.24) is 9.80 Å². The maximum atomic E-state index is 14.2. The number of ketones is 3. The number of hydrogen-bond donors (Lipinski definition) is 4. The molecule has 0 aliphatic carbocycles. The Balaban J connectivity index is 0.000000276. The first-order chi connectivity index (χ1) is 34.3. The van der Waals surface area contributed by atoms with Crippen LogP contribution in [0.5, 0.6) is 0 Å². The number of carbonyl (C=O) groups excluding carboxylic acids is 7. The molecule has 73 heavy (non-hydrogen) atoms. The molecule has 4 amide bonds. The highest BCUT2D eigenvalue weighted by molar-refractivity contribution is 5.94. The second-order valence-electron chi connectivity index (χ2n) is 25.5. The number of amides is 4. The van der Waals surface area contributed by atoms with E-state index in [1.54, 1.807) is 9.80 Å². The number of ether oxygens (including phenoxy) is 2. The third-order valence-corrected chi connectivity index (χ3v) is 16.7. The Kier molecular flexibility index (Phi) is 22.3. The molecule has 0 aromatic carbocycles. The quantitative estimate of drug-likeness (QED) is 0.179. The molecule has 6 aliphatic heterocycles. The minimum Gasteiger partial charge on any atom is -0.383 e. The van der Waals surface area contributed by atoms with E-state index in [0.717, 1.165) is 96.3 Å². The first-order valence-electron chi connectivity index (χ1n) is 28.4. The molecule has 0 aromatic rings. The van der Waals surface area contributed by atoms with Crippen LogP contribution in [-0.2, 0) is 43.0 Å². The molecule has 15 nitrogen and oxygen atoms in total. The highest BCUT2D eigenvalue weighted by Crippen LogP contribution is 2.46. The van der Waals surface area contributed by atoms with Gasteiger partial charge in [0.1, 0.15) is 18.0 Å². The third kappa shape index (κ3) is 17.5. The van der Waals surface area contributed by atoms with Crippen LogP contribution in [0, 0.1) is 40.9 Å². The molecule has 6 aliphatic rings. The number of nitrogens with two attached hydrogens (primary N) is 2. The second kappa shape index (κ2) is 27.0. The number of Topliss-reactive ketones (excluding diaryl/α,β-unsaturated/α-hetero) is 3. The maximum absolute atomic E-state index is 14.2. The van der Waals surface area contributed by atoms with E-state index in [4.69, 9.17) is 20.9 Å². The molecular weight excluding hydrogens is 929 g/mol. The fraction of sp³-hybridized carbons (Fsp3) is 0.845. The summed E-state index contributed by atoms with van der Waals surface area (Å²) < 4.78 is 12.5. The number of allylic oxidation sites excluding steroid dienone is 2. The van der Waals surface area contributed by atoms with Crippen LogP contribution >= 0.6 is 0 Å². The Morgan fingerprint density at radius 3 is 1.47 bits per heavy atom. The van der Waals surface area contributed by atoms with Crippen molar-refractivity contribution in [3.8, 4) is 0 Å². The van der Waals surface area contributed by atoms with Gasteiger partial charge in [0.15, 0.2) is 11.6 Å². The van der Waals surface area contributed by atoms with Gasteiger partial charge in [-0.15, -0.1) is 0 Å². The molecule has 0 radical (unpaired) electrons. The highest BCUT2D eigenvalue weighted by atomic mass is 16.5. The van der Waals surface area contributed by atoms with Crippen LogP contribution in [0.2, 0.25) is 0 Å². The molecule has 4 unspecified atom stereocenters. The van der Waals surface area contributed by atoms with Crippen molar-refractivity contribution in [1.29, 1.82) is 0 Å². The van der Waals surface area contributed by atoms with Crippen LogP contribution in [0.1, 0.15) is 209 Å². The lowest BCUT2D eigenvalue weighted by Gasteiger charge is -2.33. The Hall–Kier alpha value is -3.53. The summed E-state index contributed by atoms with van der Waals surface area (Å²) >= 11 is 0. The van der Waals surface area contributed by atoms with Gasteiger partial charge >= 0.3 is 0 Å². The molecule has 6 heterocycles. The Labute approximate surface area is 437 Å². The van der Waals surface area contributed by atoms with Gasteiger partial charge in [-0.05, 0) is 97.3 Å². The predicted molar refractivity (Wildman–Crippen MR) is 280 cm³/mol. The molecule has 0 spiro atoms. The van der Waals surface area contributed by atoms with Gasteiger partial charge in [-0.25, -0.2) is 0 Å². The van der Waals surface area contributed by atoms with E-state index in [9.17, 15) is 43.8 Å². The lowest BCUT2D eigenvalue weighted by molar-refractivity contribution is -0.145. The van der Waals surface area contributed by atoms with Crippen molar-refractivity contribution in [3.63, 3.8) is 0 Å². The van der Waals surface area contributed by atoms with Crippen molar-refractivity contribution < 1.29 is 53.2 Å². The lowest BCUT2D eigenvalue weighted by atomic mass is 9.82. The summed E-state index contributed by atoms with van der Waals surface area (Å²) in [4.78, 5) is 95.5. The first-order valence-corrected chi connectivity index (χ1v) is 28.4. The minimum absolute atomic E-state index is 0.00414. The number of fused-ring (bicyclic) bond motifs is 6. The SMILES string of the molecule is CC(C)(C)CC(=O)C[C@H]1CCCCCCCCCC[C@@H](C(O)C(N)=O)CC(=O)[C@@H]2[C@H]3CC(C)(C)OC3CN2C1=O.C[C@H]1CCCCC=CCCCC[C@@H](C(O)C(N)=O)CC(=O)[C@@H]2[C@H]3CC(C)(C)OC3CN2C1=O. The molecule has 6 rings (SSSR count). The minimum atomic E-state index is -1.40. The fourth-order valence-corrected chi connectivity index (χ4v) is 13.2. The normalized spacial score (nSPS) is 33.2. The van der Waals surface area contributed by atoms with E-state index < -0.39 is 59.5 Å². The third-order valence-electron chi connectivity index (χ3n) is 16.7. The van der Waals surface area contributed by atoms with Crippen molar-refractivity contribution >= 4 is 41.0 Å². The zero-order valence-corrected chi connectivity index (χ0v) is 46.1. The van der Waals surface area contributed by atoms with Crippen LogP contribution in [0.3, 0.4) is 0 Å². The zero-order chi connectivity index (χ0) is 53.8. The van der Waals surface area contributed by atoms with Crippen LogP contribution in [0.25, 0.3) is 0 Å². The highest BCUT2D eigenvalue weighted by Gasteiger charge is 2.57. The Morgan fingerprint density at radius 1 is 0.630 bits per heavy atom. The zero-order valence-electron chi connectivity index (χ0n) is 46.1. The van der Waals surface area contributed by atoms with Crippen LogP contribution in [-0.4, -0.2) is 122 Å². The van der Waals surface area contributed by atoms with Gasteiger partial charge in [-0.2, -0.15) is 0 Å². The van der Waals surface area contributed by atoms with Gasteiger partial charge in [0.2, 0.25) is 23.6 Å². The predicted octanol–water partition coefficient (Wildman–Crippen LogP) is 7.86. The van der Waals surface area contributed by atoms with Crippen LogP contribution in [0.4, 0.5) is 0 Å². The van der Waals surface area contributed by atoms with Crippen molar-refractivity contribution in [3.05, 3.63) is 12.2 Å². The first kappa shape index (κ1) is 60.3. The van der Waals surface area contributed by atoms with E-state index >= 15 is 0 Å². The van der Waals surface area contributed by atoms with E-state index in [2.05, 4.69) is 12.2 Å².